The van der Waals surface area contributed by atoms with E-state index in [4.69, 9.17) is 10.6 Å². The van der Waals surface area contributed by atoms with E-state index in [-0.39, 0.29) is 18.9 Å². The van der Waals surface area contributed by atoms with Crippen LogP contribution in [0.3, 0.4) is 0 Å². The van der Waals surface area contributed by atoms with Crippen molar-refractivity contribution < 1.29 is 22.8 Å². The molecule has 1 heterocycles. The molecule has 1 atom stereocenters. The van der Waals surface area contributed by atoms with Crippen LogP contribution in [-0.4, -0.2) is 42.0 Å². The van der Waals surface area contributed by atoms with E-state index in [1.54, 1.807) is 0 Å². The predicted octanol–water partition coefficient (Wildman–Crippen LogP) is 1.63. The number of carbonyl (C=O) groups excluding carboxylic acids is 1. The maximum Gasteiger partial charge on any atom is 0.406 e. The van der Waals surface area contributed by atoms with Gasteiger partial charge >= 0.3 is 6.18 Å². The van der Waals surface area contributed by atoms with Crippen molar-refractivity contribution in [1.82, 2.24) is 4.90 Å². The monoisotopic (exact) mass is 293 g/mol. The van der Waals surface area contributed by atoms with Crippen LogP contribution in [0.25, 0.3) is 0 Å². The van der Waals surface area contributed by atoms with Gasteiger partial charge in [-0.25, -0.2) is 0 Å². The molecule has 2 N–H and O–H groups in total. The van der Waals surface area contributed by atoms with Crippen LogP contribution in [0, 0.1) is 5.92 Å². The number of amides is 1. The molecule has 1 unspecified atom stereocenters. The average Bonchev–Trinajstić information content (AvgIpc) is 2.97. The van der Waals surface area contributed by atoms with Gasteiger partial charge in [0.25, 0.3) is 5.91 Å². The Balaban J connectivity index is 1.85. The Bertz CT molecular complexity index is 392. The van der Waals surface area contributed by atoms with E-state index < -0.39 is 24.7 Å². The van der Waals surface area contributed by atoms with E-state index >= 15 is 0 Å². The summed E-state index contributed by atoms with van der Waals surface area (Å²) in [5, 5.41) is 3.74. The number of hydrogen-bond acceptors (Lipinski definition) is 3. The molecule has 0 radical (unpaired) electrons. The lowest BCUT2D eigenvalue weighted by Gasteiger charge is -2.17. The highest BCUT2D eigenvalue weighted by molar-refractivity contribution is 5.84. The lowest BCUT2D eigenvalue weighted by molar-refractivity contribution is -0.161. The van der Waals surface area contributed by atoms with Gasteiger partial charge < -0.3 is 15.5 Å². The first-order valence-electron chi connectivity index (χ1n) is 6.71. The third-order valence-electron chi connectivity index (χ3n) is 3.68. The third kappa shape index (κ3) is 3.77. The zero-order chi connectivity index (χ0) is 14.8. The van der Waals surface area contributed by atoms with Gasteiger partial charge in [-0.05, 0) is 12.8 Å². The summed E-state index contributed by atoms with van der Waals surface area (Å²) in [5.41, 5.74) is 5.76. The van der Waals surface area contributed by atoms with Gasteiger partial charge in [0.05, 0.1) is 0 Å². The summed E-state index contributed by atoms with van der Waals surface area (Å²) >= 11 is 0. The quantitative estimate of drug-likeness (QED) is 0.486. The van der Waals surface area contributed by atoms with Gasteiger partial charge in [-0.1, -0.05) is 18.0 Å². The molecule has 20 heavy (non-hydrogen) atoms. The van der Waals surface area contributed by atoms with Crippen LogP contribution in [0.2, 0.25) is 0 Å². The van der Waals surface area contributed by atoms with Gasteiger partial charge in [-0.2, -0.15) is 13.2 Å². The number of carbonyl (C=O) groups is 1. The minimum absolute atomic E-state index is 0.0296. The van der Waals surface area contributed by atoms with E-state index in [0.717, 1.165) is 30.6 Å². The van der Waals surface area contributed by atoms with Gasteiger partial charge in [-0.15, -0.1) is 0 Å². The Hall–Kier alpha value is -1.47. The van der Waals surface area contributed by atoms with Gasteiger partial charge in [0.2, 0.25) is 6.10 Å². The maximum atomic E-state index is 12.2. The van der Waals surface area contributed by atoms with Crippen molar-refractivity contribution in [2.75, 3.05) is 13.1 Å². The lowest BCUT2D eigenvalue weighted by atomic mass is 10.1. The molecule has 0 bridgehead atoms. The number of amidine groups is 1. The largest absolute Gasteiger partial charge is 0.406 e. The van der Waals surface area contributed by atoms with E-state index in [9.17, 15) is 18.0 Å². The summed E-state index contributed by atoms with van der Waals surface area (Å²) < 4.78 is 36.7. The number of nitrogens with zero attached hydrogens (tertiary/aromatic N) is 2. The fourth-order valence-electron chi connectivity index (χ4n) is 2.60. The first-order chi connectivity index (χ1) is 9.37. The minimum Gasteiger partial charge on any atom is -0.384 e. The van der Waals surface area contributed by atoms with Crippen LogP contribution in [0.4, 0.5) is 13.2 Å². The smallest absolute Gasteiger partial charge is 0.384 e. The SMILES string of the molecule is N/C(=N\OC1CCN(CC(F)(F)F)C1=O)C1CCCC1. The number of likely N-dealkylation sites (tertiary alicyclic amines) is 1. The van der Waals surface area contributed by atoms with Gasteiger partial charge in [0, 0.05) is 18.9 Å². The Morgan fingerprint density at radius 3 is 2.60 bits per heavy atom. The van der Waals surface area contributed by atoms with Crippen LogP contribution < -0.4 is 5.73 Å². The minimum atomic E-state index is -4.39. The summed E-state index contributed by atoms with van der Waals surface area (Å²) in [5.74, 6) is -0.173. The highest BCUT2D eigenvalue weighted by Gasteiger charge is 2.40. The molecule has 1 saturated heterocycles. The molecule has 8 heteroatoms. The molecule has 5 nitrogen and oxygen atoms in total. The first-order valence-corrected chi connectivity index (χ1v) is 6.71. The molecule has 2 fully saturated rings. The lowest BCUT2D eigenvalue weighted by Crippen LogP contribution is -2.37. The molecule has 2 rings (SSSR count). The van der Waals surface area contributed by atoms with E-state index in [1.807, 2.05) is 0 Å². The molecule has 1 aliphatic carbocycles. The molecule has 0 spiro atoms. The van der Waals surface area contributed by atoms with Crippen molar-refractivity contribution in [3.63, 3.8) is 0 Å². The van der Waals surface area contributed by atoms with Gasteiger partial charge in [-0.3, -0.25) is 4.79 Å². The summed E-state index contributed by atoms with van der Waals surface area (Å²) in [6.07, 6.45) is -1.08. The Morgan fingerprint density at radius 1 is 1.35 bits per heavy atom. The van der Waals surface area contributed by atoms with Gasteiger partial charge in [0.1, 0.15) is 12.4 Å². The van der Waals surface area contributed by atoms with Crippen molar-refractivity contribution >= 4 is 11.7 Å². The number of alkyl halides is 3. The van der Waals surface area contributed by atoms with Crippen molar-refractivity contribution in [2.45, 2.75) is 44.4 Å². The van der Waals surface area contributed by atoms with Crippen LogP contribution in [0.5, 0.6) is 0 Å². The standard InChI is InChI=1S/C12H18F3N3O2/c13-12(14,15)7-18-6-5-9(11(18)19)20-17-10(16)8-3-1-2-4-8/h8-9H,1-7H2,(H2,16,17). The second kappa shape index (κ2) is 5.88. The molecule has 1 amide bonds. The van der Waals surface area contributed by atoms with Gasteiger partial charge in [0.15, 0.2) is 0 Å². The molecule has 0 aromatic rings. The van der Waals surface area contributed by atoms with Crippen LogP contribution in [-0.2, 0) is 9.63 Å². The van der Waals surface area contributed by atoms with Crippen LogP contribution >= 0.6 is 0 Å². The first kappa shape index (κ1) is 14.9. The molecule has 114 valence electrons. The Kier molecular flexibility index (Phi) is 4.39. The number of halogens is 3. The zero-order valence-corrected chi connectivity index (χ0v) is 11.0. The predicted molar refractivity (Wildman–Crippen MR) is 65.7 cm³/mol. The second-order valence-corrected chi connectivity index (χ2v) is 5.26. The van der Waals surface area contributed by atoms with Crippen molar-refractivity contribution in [2.24, 2.45) is 16.8 Å². The van der Waals surface area contributed by atoms with Crippen LogP contribution in [0.1, 0.15) is 32.1 Å². The fourth-order valence-corrected chi connectivity index (χ4v) is 2.60. The molecule has 2 aliphatic rings. The molecule has 1 aliphatic heterocycles. The molecule has 0 aromatic carbocycles. The van der Waals surface area contributed by atoms with E-state index in [2.05, 4.69) is 5.16 Å². The molecular formula is C12H18F3N3O2. The summed E-state index contributed by atoms with van der Waals surface area (Å²) in [7, 11) is 0. The fraction of sp³-hybridized carbons (Fsp3) is 0.833. The van der Waals surface area contributed by atoms with Crippen molar-refractivity contribution in [3.8, 4) is 0 Å². The number of nitrogens with two attached hydrogens (primary N) is 1. The highest BCUT2D eigenvalue weighted by Crippen LogP contribution is 2.25. The molecule has 1 saturated carbocycles. The highest BCUT2D eigenvalue weighted by atomic mass is 19.4. The summed E-state index contributed by atoms with van der Waals surface area (Å²) in [4.78, 5) is 17.5. The number of hydrogen-bond donors (Lipinski definition) is 1. The Labute approximate surface area is 114 Å². The average molecular weight is 293 g/mol. The van der Waals surface area contributed by atoms with E-state index in [1.165, 1.54) is 0 Å². The van der Waals surface area contributed by atoms with Crippen LogP contribution in [0.15, 0.2) is 5.16 Å². The normalized spacial score (nSPS) is 25.6. The Morgan fingerprint density at radius 2 is 2.00 bits per heavy atom. The molecular weight excluding hydrogens is 275 g/mol. The number of oxime groups is 1. The summed E-state index contributed by atoms with van der Waals surface area (Å²) in [6, 6.07) is 0. The molecule has 0 aromatic heterocycles. The number of rotatable bonds is 4. The second-order valence-electron chi connectivity index (χ2n) is 5.26. The third-order valence-corrected chi connectivity index (χ3v) is 3.68. The summed E-state index contributed by atoms with van der Waals surface area (Å²) in [6.45, 7) is -1.21. The maximum absolute atomic E-state index is 12.2. The topological polar surface area (TPSA) is 67.9 Å². The zero-order valence-electron chi connectivity index (χ0n) is 11.0. The van der Waals surface area contributed by atoms with E-state index in [0.29, 0.717) is 5.84 Å². The van der Waals surface area contributed by atoms with Crippen molar-refractivity contribution in [1.29, 1.82) is 0 Å². The van der Waals surface area contributed by atoms with Crippen molar-refractivity contribution in [3.05, 3.63) is 0 Å².